The number of nitrogens with one attached hydrogen (secondary N) is 1. The fourth-order valence-electron chi connectivity index (χ4n) is 2.75. The zero-order valence-electron chi connectivity index (χ0n) is 14.5. The number of thiophene rings is 1. The van der Waals surface area contributed by atoms with E-state index in [4.69, 9.17) is 0 Å². The number of thioether (sulfide) groups is 1. The van der Waals surface area contributed by atoms with Gasteiger partial charge in [0.25, 0.3) is 0 Å². The smallest absolute Gasteiger partial charge is 0.230 e. The first-order chi connectivity index (χ1) is 12.7. The lowest BCUT2D eigenvalue weighted by Crippen LogP contribution is -2.27. The van der Waals surface area contributed by atoms with Gasteiger partial charge in [-0.3, -0.25) is 4.79 Å². The normalized spacial score (nSPS) is 15.0. The van der Waals surface area contributed by atoms with E-state index in [1.54, 1.807) is 11.3 Å². The molecule has 5 nitrogen and oxygen atoms in total. The SMILES string of the molecule is C[C@H](NC(=O)CSc1nc(C2CC2)n(-c2ccccc2)n1)c1cccs1. The molecule has 1 aliphatic rings. The summed E-state index contributed by atoms with van der Waals surface area (Å²) < 4.78 is 1.92. The summed E-state index contributed by atoms with van der Waals surface area (Å²) in [5.41, 5.74) is 1.02. The molecule has 0 unspecified atom stereocenters. The molecule has 1 aromatic carbocycles. The minimum Gasteiger partial charge on any atom is -0.348 e. The molecule has 7 heteroatoms. The summed E-state index contributed by atoms with van der Waals surface area (Å²) in [6, 6.07) is 14.1. The molecular weight excluding hydrogens is 364 g/mol. The molecule has 1 aliphatic carbocycles. The van der Waals surface area contributed by atoms with Crippen LogP contribution in [0, 0.1) is 0 Å². The first kappa shape index (κ1) is 17.3. The number of aromatic nitrogens is 3. The van der Waals surface area contributed by atoms with Gasteiger partial charge < -0.3 is 5.32 Å². The Morgan fingerprint density at radius 2 is 2.12 bits per heavy atom. The first-order valence-electron chi connectivity index (χ1n) is 8.68. The van der Waals surface area contributed by atoms with E-state index in [1.165, 1.54) is 11.8 Å². The van der Waals surface area contributed by atoms with Gasteiger partial charge in [0.15, 0.2) is 0 Å². The molecule has 134 valence electrons. The van der Waals surface area contributed by atoms with Crippen molar-refractivity contribution in [3.63, 3.8) is 0 Å². The third-order valence-electron chi connectivity index (χ3n) is 4.24. The van der Waals surface area contributed by atoms with Gasteiger partial charge in [-0.25, -0.2) is 9.67 Å². The zero-order chi connectivity index (χ0) is 17.9. The summed E-state index contributed by atoms with van der Waals surface area (Å²) >= 11 is 3.04. The average molecular weight is 385 g/mol. The molecule has 0 saturated heterocycles. The molecule has 1 atom stereocenters. The molecule has 3 aromatic rings. The largest absolute Gasteiger partial charge is 0.348 e. The summed E-state index contributed by atoms with van der Waals surface area (Å²) in [4.78, 5) is 18.1. The lowest BCUT2D eigenvalue weighted by atomic mass is 10.3. The fraction of sp³-hybridized carbons (Fsp3) is 0.316. The Morgan fingerprint density at radius 1 is 1.31 bits per heavy atom. The second kappa shape index (κ2) is 7.63. The lowest BCUT2D eigenvalue weighted by molar-refractivity contribution is -0.119. The highest BCUT2D eigenvalue weighted by Crippen LogP contribution is 2.40. The van der Waals surface area contributed by atoms with Gasteiger partial charge >= 0.3 is 0 Å². The van der Waals surface area contributed by atoms with E-state index < -0.39 is 0 Å². The van der Waals surface area contributed by atoms with Gasteiger partial charge in [-0.1, -0.05) is 36.0 Å². The molecule has 0 bridgehead atoms. The molecule has 0 aliphatic heterocycles. The number of benzene rings is 1. The predicted molar refractivity (Wildman–Crippen MR) is 105 cm³/mol. The van der Waals surface area contributed by atoms with Gasteiger partial charge in [-0.15, -0.1) is 16.4 Å². The maximum atomic E-state index is 12.2. The van der Waals surface area contributed by atoms with Crippen LogP contribution in [0.3, 0.4) is 0 Å². The maximum absolute atomic E-state index is 12.2. The number of carbonyl (C=O) groups is 1. The van der Waals surface area contributed by atoms with E-state index in [0.29, 0.717) is 16.8 Å². The topological polar surface area (TPSA) is 59.8 Å². The molecule has 0 spiro atoms. The molecule has 1 amide bonds. The summed E-state index contributed by atoms with van der Waals surface area (Å²) in [6.07, 6.45) is 2.32. The Hall–Kier alpha value is -2.12. The summed E-state index contributed by atoms with van der Waals surface area (Å²) in [5, 5.41) is 10.3. The zero-order valence-corrected chi connectivity index (χ0v) is 16.1. The van der Waals surface area contributed by atoms with E-state index in [9.17, 15) is 4.79 Å². The first-order valence-corrected chi connectivity index (χ1v) is 10.5. The molecular formula is C19H20N4OS2. The third-order valence-corrected chi connectivity index (χ3v) is 6.13. The van der Waals surface area contributed by atoms with Crippen molar-refractivity contribution in [3.05, 3.63) is 58.5 Å². The van der Waals surface area contributed by atoms with E-state index in [-0.39, 0.29) is 11.9 Å². The van der Waals surface area contributed by atoms with Crippen LogP contribution in [0.1, 0.15) is 42.4 Å². The van der Waals surface area contributed by atoms with E-state index in [0.717, 1.165) is 29.2 Å². The Kier molecular flexibility index (Phi) is 5.08. The fourth-order valence-corrected chi connectivity index (χ4v) is 4.13. The van der Waals surface area contributed by atoms with Crippen LogP contribution in [0.2, 0.25) is 0 Å². The van der Waals surface area contributed by atoms with Crippen molar-refractivity contribution in [2.45, 2.75) is 36.9 Å². The lowest BCUT2D eigenvalue weighted by Gasteiger charge is -2.11. The molecule has 2 heterocycles. The van der Waals surface area contributed by atoms with Crippen LogP contribution in [-0.4, -0.2) is 26.4 Å². The van der Waals surface area contributed by atoms with Gasteiger partial charge in [-0.05, 0) is 43.3 Å². The molecule has 1 N–H and O–H groups in total. The standard InChI is InChI=1S/C19H20N4OS2/c1-13(16-8-5-11-25-16)20-17(24)12-26-19-21-18(14-9-10-14)23(22-19)15-6-3-2-4-7-15/h2-8,11,13-14H,9-10,12H2,1H3,(H,20,24)/t13-/m0/s1. The Labute approximate surface area is 160 Å². The summed E-state index contributed by atoms with van der Waals surface area (Å²) in [7, 11) is 0. The van der Waals surface area contributed by atoms with Crippen LogP contribution >= 0.6 is 23.1 Å². The van der Waals surface area contributed by atoms with E-state index in [2.05, 4.69) is 15.4 Å². The third kappa shape index (κ3) is 3.99. The van der Waals surface area contributed by atoms with Crippen molar-refractivity contribution in [2.75, 3.05) is 5.75 Å². The molecule has 0 radical (unpaired) electrons. The van der Waals surface area contributed by atoms with Crippen LogP contribution < -0.4 is 5.32 Å². The monoisotopic (exact) mass is 384 g/mol. The quantitative estimate of drug-likeness (QED) is 0.621. The number of hydrogen-bond acceptors (Lipinski definition) is 5. The van der Waals surface area contributed by atoms with E-state index >= 15 is 0 Å². The van der Waals surface area contributed by atoms with E-state index in [1.807, 2.05) is 59.5 Å². The molecule has 4 rings (SSSR count). The van der Waals surface area contributed by atoms with Crippen LogP contribution in [0.25, 0.3) is 5.69 Å². The summed E-state index contributed by atoms with van der Waals surface area (Å²) in [5.74, 6) is 1.81. The van der Waals surface area contributed by atoms with Crippen molar-refractivity contribution < 1.29 is 4.79 Å². The Balaban J connectivity index is 1.41. The molecule has 2 aromatic heterocycles. The van der Waals surface area contributed by atoms with Crippen molar-refractivity contribution >= 4 is 29.0 Å². The maximum Gasteiger partial charge on any atom is 0.230 e. The summed E-state index contributed by atoms with van der Waals surface area (Å²) in [6.45, 7) is 2.00. The molecule has 1 fully saturated rings. The van der Waals surface area contributed by atoms with Crippen molar-refractivity contribution in [1.82, 2.24) is 20.1 Å². The van der Waals surface area contributed by atoms with Gasteiger partial charge in [0.1, 0.15) is 5.82 Å². The highest BCUT2D eigenvalue weighted by atomic mass is 32.2. The highest BCUT2D eigenvalue weighted by molar-refractivity contribution is 7.99. The van der Waals surface area contributed by atoms with Crippen LogP contribution in [0.4, 0.5) is 0 Å². The number of carbonyl (C=O) groups excluding carboxylic acids is 1. The number of amides is 1. The van der Waals surface area contributed by atoms with Crippen LogP contribution in [0.5, 0.6) is 0 Å². The number of rotatable bonds is 7. The van der Waals surface area contributed by atoms with Crippen molar-refractivity contribution in [2.24, 2.45) is 0 Å². The van der Waals surface area contributed by atoms with Gasteiger partial charge in [0.05, 0.1) is 17.5 Å². The Bertz CT molecular complexity index is 872. The number of para-hydroxylation sites is 1. The predicted octanol–water partition coefficient (Wildman–Crippen LogP) is 4.18. The van der Waals surface area contributed by atoms with Crippen LogP contribution in [-0.2, 0) is 4.79 Å². The minimum atomic E-state index is -0.0000620. The van der Waals surface area contributed by atoms with Gasteiger partial charge in [-0.2, -0.15) is 0 Å². The average Bonchev–Trinajstić information content (AvgIpc) is 3.19. The molecule has 26 heavy (non-hydrogen) atoms. The second-order valence-corrected chi connectivity index (χ2v) is 8.29. The van der Waals surface area contributed by atoms with Crippen LogP contribution in [0.15, 0.2) is 53.0 Å². The van der Waals surface area contributed by atoms with Crippen molar-refractivity contribution in [1.29, 1.82) is 0 Å². The van der Waals surface area contributed by atoms with Crippen molar-refractivity contribution in [3.8, 4) is 5.69 Å². The van der Waals surface area contributed by atoms with Gasteiger partial charge in [0, 0.05) is 10.8 Å². The van der Waals surface area contributed by atoms with Gasteiger partial charge in [0.2, 0.25) is 11.1 Å². The highest BCUT2D eigenvalue weighted by Gasteiger charge is 2.30. The molecule has 1 saturated carbocycles. The second-order valence-electron chi connectivity index (χ2n) is 6.37. The number of hydrogen-bond donors (Lipinski definition) is 1. The minimum absolute atomic E-state index is 0.0000620. The Morgan fingerprint density at radius 3 is 2.81 bits per heavy atom. The number of nitrogens with zero attached hydrogens (tertiary/aromatic N) is 3.